The molecule has 1 heteroatoms. The van der Waals surface area contributed by atoms with E-state index in [1.54, 1.807) is 0 Å². The predicted molar refractivity (Wildman–Crippen MR) is 87.2 cm³/mol. The molecule has 0 saturated carbocycles. The highest BCUT2D eigenvalue weighted by atomic mass is 14.5. The van der Waals surface area contributed by atoms with Crippen LogP contribution in [0.5, 0.6) is 0 Å². The summed E-state index contributed by atoms with van der Waals surface area (Å²) in [5, 5.41) is 0. The summed E-state index contributed by atoms with van der Waals surface area (Å²) in [5.41, 5.74) is 13.7. The van der Waals surface area contributed by atoms with Gasteiger partial charge in [-0.1, -0.05) is 67.6 Å². The molecule has 0 heterocycles. The second kappa shape index (κ2) is 5.48. The molecule has 0 saturated heterocycles. The van der Waals surface area contributed by atoms with Crippen molar-refractivity contribution in [2.24, 2.45) is 5.73 Å². The van der Waals surface area contributed by atoms with Gasteiger partial charge in [-0.2, -0.15) is 0 Å². The minimum Gasteiger partial charge on any atom is -0.327 e. The van der Waals surface area contributed by atoms with Gasteiger partial charge in [-0.25, -0.2) is 0 Å². The maximum Gasteiger partial charge on any atom is 0.0146 e. The van der Waals surface area contributed by atoms with E-state index in [9.17, 15) is 0 Å². The van der Waals surface area contributed by atoms with Crippen LogP contribution >= 0.6 is 0 Å². The van der Waals surface area contributed by atoms with Gasteiger partial charge in [0.15, 0.2) is 0 Å². The maximum atomic E-state index is 6.00. The average Bonchev–Trinajstić information content (AvgIpc) is 2.67. The van der Waals surface area contributed by atoms with Gasteiger partial charge in [0.05, 0.1) is 0 Å². The molecule has 0 spiro atoms. The van der Waals surface area contributed by atoms with Crippen molar-refractivity contribution in [2.45, 2.75) is 13.3 Å². The van der Waals surface area contributed by atoms with Gasteiger partial charge in [-0.05, 0) is 39.8 Å². The molecule has 0 radical (unpaired) electrons. The van der Waals surface area contributed by atoms with Gasteiger partial charge in [-0.3, -0.25) is 0 Å². The zero-order valence-electron chi connectivity index (χ0n) is 11.8. The third-order valence-corrected chi connectivity index (χ3v) is 3.93. The number of hydrogen-bond acceptors (Lipinski definition) is 1. The van der Waals surface area contributed by atoms with E-state index in [0.29, 0.717) is 6.54 Å². The van der Waals surface area contributed by atoms with Gasteiger partial charge < -0.3 is 5.73 Å². The molecule has 0 atom stereocenters. The lowest BCUT2D eigenvalue weighted by molar-refractivity contribution is 1.01. The number of nitrogens with two attached hydrogens (primary N) is 1. The molecule has 3 rings (SSSR count). The van der Waals surface area contributed by atoms with E-state index < -0.39 is 0 Å². The molecule has 2 aromatic carbocycles. The molecule has 0 unspecified atom stereocenters. The molecule has 20 heavy (non-hydrogen) atoms. The Labute approximate surface area is 120 Å². The van der Waals surface area contributed by atoms with Crippen molar-refractivity contribution in [3.63, 3.8) is 0 Å². The zero-order valence-corrected chi connectivity index (χ0v) is 11.8. The van der Waals surface area contributed by atoms with Gasteiger partial charge in [0, 0.05) is 6.54 Å². The van der Waals surface area contributed by atoms with Crippen molar-refractivity contribution in [3.05, 3.63) is 76.4 Å². The molecule has 0 aromatic heterocycles. The van der Waals surface area contributed by atoms with Crippen LogP contribution in [0.1, 0.15) is 35.6 Å². The molecule has 2 aromatic rings. The average molecular weight is 261 g/mol. The Kier molecular flexibility index (Phi) is 3.53. The van der Waals surface area contributed by atoms with E-state index >= 15 is 0 Å². The monoisotopic (exact) mass is 261 g/mol. The van der Waals surface area contributed by atoms with E-state index in [2.05, 4.69) is 67.6 Å². The summed E-state index contributed by atoms with van der Waals surface area (Å²) in [6, 6.07) is 17.1. The van der Waals surface area contributed by atoms with Crippen LogP contribution in [-0.2, 0) is 0 Å². The Morgan fingerprint density at radius 3 is 1.80 bits per heavy atom. The molecule has 0 fully saturated rings. The Bertz CT molecular complexity index is 635. The minimum absolute atomic E-state index is 0.606. The molecule has 1 nitrogen and oxygen atoms in total. The number of fused-ring (bicyclic) bond motifs is 2. The summed E-state index contributed by atoms with van der Waals surface area (Å²) in [6.45, 7) is 2.78. The summed E-state index contributed by atoms with van der Waals surface area (Å²) in [5.74, 6) is 0. The number of benzene rings is 2. The van der Waals surface area contributed by atoms with Gasteiger partial charge >= 0.3 is 0 Å². The van der Waals surface area contributed by atoms with Crippen LogP contribution in [0.2, 0.25) is 0 Å². The van der Waals surface area contributed by atoms with Crippen LogP contribution in [-0.4, -0.2) is 6.54 Å². The predicted octanol–water partition coefficient (Wildman–Crippen LogP) is 4.34. The van der Waals surface area contributed by atoms with Gasteiger partial charge in [0.2, 0.25) is 0 Å². The van der Waals surface area contributed by atoms with E-state index in [0.717, 1.165) is 6.42 Å². The van der Waals surface area contributed by atoms with Crippen molar-refractivity contribution >= 4 is 17.7 Å². The quantitative estimate of drug-likeness (QED) is 0.729. The minimum atomic E-state index is 0.606. The summed E-state index contributed by atoms with van der Waals surface area (Å²) in [4.78, 5) is 0. The number of hydrogen-bond donors (Lipinski definition) is 1. The maximum absolute atomic E-state index is 6.00. The molecule has 0 aliphatic heterocycles. The third kappa shape index (κ3) is 2.10. The van der Waals surface area contributed by atoms with E-state index in [4.69, 9.17) is 5.73 Å². The Morgan fingerprint density at radius 2 is 1.35 bits per heavy atom. The highest BCUT2D eigenvalue weighted by molar-refractivity contribution is 5.94. The van der Waals surface area contributed by atoms with Gasteiger partial charge in [0.1, 0.15) is 0 Å². The first-order valence-electron chi connectivity index (χ1n) is 7.14. The lowest BCUT2D eigenvalue weighted by Gasteiger charge is -2.16. The fourth-order valence-electron chi connectivity index (χ4n) is 2.87. The van der Waals surface area contributed by atoms with Gasteiger partial charge in [-0.15, -0.1) is 0 Å². The van der Waals surface area contributed by atoms with E-state index in [1.165, 1.54) is 33.4 Å². The first-order valence-corrected chi connectivity index (χ1v) is 7.14. The van der Waals surface area contributed by atoms with Crippen LogP contribution in [0.25, 0.3) is 17.7 Å². The summed E-state index contributed by atoms with van der Waals surface area (Å²) < 4.78 is 0. The molecular weight excluding hydrogens is 242 g/mol. The normalized spacial score (nSPS) is 12.6. The molecular formula is C19H19N. The highest BCUT2D eigenvalue weighted by Crippen LogP contribution is 2.36. The largest absolute Gasteiger partial charge is 0.327 e. The van der Waals surface area contributed by atoms with Crippen molar-refractivity contribution in [3.8, 4) is 0 Å². The van der Waals surface area contributed by atoms with Crippen LogP contribution in [0, 0.1) is 0 Å². The molecule has 100 valence electrons. The molecule has 2 N–H and O–H groups in total. The van der Waals surface area contributed by atoms with Crippen LogP contribution in [0.15, 0.2) is 54.1 Å². The Balaban J connectivity index is 2.38. The molecule has 0 bridgehead atoms. The Morgan fingerprint density at radius 1 is 0.850 bits per heavy atom. The molecule has 1 aliphatic carbocycles. The van der Waals surface area contributed by atoms with Gasteiger partial charge in [0.25, 0.3) is 0 Å². The van der Waals surface area contributed by atoms with E-state index in [-0.39, 0.29) is 0 Å². The summed E-state index contributed by atoms with van der Waals surface area (Å²) in [7, 11) is 0. The van der Waals surface area contributed by atoms with Crippen molar-refractivity contribution < 1.29 is 0 Å². The second-order valence-electron chi connectivity index (χ2n) is 5.04. The van der Waals surface area contributed by atoms with Crippen molar-refractivity contribution in [1.29, 1.82) is 0 Å². The van der Waals surface area contributed by atoms with E-state index in [1.807, 2.05) is 0 Å². The molecule has 1 aliphatic rings. The topological polar surface area (TPSA) is 26.0 Å². The lowest BCUT2D eigenvalue weighted by Crippen LogP contribution is -2.07. The fraction of sp³-hybridized carbons (Fsp3) is 0.158. The third-order valence-electron chi connectivity index (χ3n) is 3.93. The molecule has 0 amide bonds. The number of rotatable bonds is 2. The standard InChI is InChI=1S/C19H19N/c1-2-14(13-20)19-17-9-5-3-7-15(17)11-12-16-8-4-6-10-18(16)19/h3-12H,2,13,20H2,1H3. The van der Waals surface area contributed by atoms with Crippen molar-refractivity contribution in [2.75, 3.05) is 6.54 Å². The zero-order chi connectivity index (χ0) is 13.9. The summed E-state index contributed by atoms with van der Waals surface area (Å²) in [6.07, 6.45) is 5.38. The van der Waals surface area contributed by atoms with Crippen LogP contribution < -0.4 is 5.73 Å². The fourth-order valence-corrected chi connectivity index (χ4v) is 2.87. The lowest BCUT2D eigenvalue weighted by atomic mass is 9.88. The second-order valence-corrected chi connectivity index (χ2v) is 5.04. The SMILES string of the molecule is CCC(CN)=C1c2ccccc2C=Cc2ccccc21. The Hall–Kier alpha value is -2.12. The van der Waals surface area contributed by atoms with Crippen LogP contribution in [0.3, 0.4) is 0 Å². The van der Waals surface area contributed by atoms with Crippen LogP contribution in [0.4, 0.5) is 0 Å². The smallest absolute Gasteiger partial charge is 0.0146 e. The summed E-state index contributed by atoms with van der Waals surface area (Å²) >= 11 is 0. The highest BCUT2D eigenvalue weighted by Gasteiger charge is 2.17. The first-order chi connectivity index (χ1) is 9.85. The first kappa shape index (κ1) is 12.9. The van der Waals surface area contributed by atoms with Crippen molar-refractivity contribution in [1.82, 2.24) is 0 Å².